The number of ether oxygens (including phenoxy) is 1. The van der Waals surface area contributed by atoms with Crippen LogP contribution >= 0.6 is 0 Å². The van der Waals surface area contributed by atoms with Crippen molar-refractivity contribution in [1.29, 1.82) is 0 Å². The lowest BCUT2D eigenvalue weighted by Gasteiger charge is -2.00. The van der Waals surface area contributed by atoms with Gasteiger partial charge in [-0.15, -0.1) is 6.58 Å². The summed E-state index contributed by atoms with van der Waals surface area (Å²) in [6.07, 6.45) is 9.53. The number of benzene rings is 1. The molecule has 0 fully saturated rings. The van der Waals surface area contributed by atoms with Crippen LogP contribution in [-0.2, 0) is 11.3 Å². The highest BCUT2D eigenvalue weighted by molar-refractivity contribution is 5.43. The van der Waals surface area contributed by atoms with Gasteiger partial charge in [-0.1, -0.05) is 42.5 Å². The molecule has 0 amide bonds. The molecule has 2 rings (SSSR count). The quantitative estimate of drug-likeness (QED) is 0.560. The first kappa shape index (κ1) is 13.3. The number of aromatic nitrogens is 2. The van der Waals surface area contributed by atoms with Crippen LogP contribution in [0.25, 0.3) is 6.08 Å². The Balaban J connectivity index is 1.87. The minimum atomic E-state index is 0.576. The average Bonchev–Trinajstić information content (AvgIpc) is 2.87. The van der Waals surface area contributed by atoms with Gasteiger partial charge >= 0.3 is 0 Å². The van der Waals surface area contributed by atoms with Gasteiger partial charge in [-0.25, -0.2) is 4.98 Å². The van der Waals surface area contributed by atoms with Gasteiger partial charge in [-0.05, 0) is 11.6 Å². The summed E-state index contributed by atoms with van der Waals surface area (Å²) in [5, 5.41) is 0. The molecule has 0 unspecified atom stereocenters. The summed E-state index contributed by atoms with van der Waals surface area (Å²) in [6, 6.07) is 10.3. The topological polar surface area (TPSA) is 27.1 Å². The van der Waals surface area contributed by atoms with Crippen molar-refractivity contribution in [2.75, 3.05) is 13.2 Å². The molecule has 1 aromatic heterocycles. The van der Waals surface area contributed by atoms with Gasteiger partial charge in [-0.2, -0.15) is 0 Å². The molecule has 1 heterocycles. The van der Waals surface area contributed by atoms with Crippen LogP contribution in [0.2, 0.25) is 0 Å². The van der Waals surface area contributed by atoms with E-state index in [9.17, 15) is 0 Å². The van der Waals surface area contributed by atoms with Crippen molar-refractivity contribution in [2.24, 2.45) is 0 Å². The second-order valence-electron chi connectivity index (χ2n) is 4.18. The molecule has 98 valence electrons. The Bertz CT molecular complexity index is 529. The monoisotopic (exact) mass is 254 g/mol. The number of rotatable bonds is 7. The first-order chi connectivity index (χ1) is 9.38. The zero-order chi connectivity index (χ0) is 13.3. The fourth-order valence-corrected chi connectivity index (χ4v) is 1.73. The number of hydrogen-bond acceptors (Lipinski definition) is 2. The van der Waals surface area contributed by atoms with Crippen LogP contribution in [0.15, 0.2) is 61.6 Å². The maximum atomic E-state index is 5.27. The van der Waals surface area contributed by atoms with E-state index in [0.29, 0.717) is 13.2 Å². The molecule has 3 heteroatoms. The first-order valence-electron chi connectivity index (χ1n) is 6.29. The predicted molar refractivity (Wildman–Crippen MR) is 77.8 cm³/mol. The summed E-state index contributed by atoms with van der Waals surface area (Å²) in [5.41, 5.74) is 2.21. The number of imidazole rings is 1. The normalized spacial score (nSPS) is 10.9. The standard InChI is InChI=1S/C16H18N2O/c1-2-10-19-11-6-9-16-13-18(14-17-16)12-15-7-4-3-5-8-15/h2-9,13-14H,1,10-12H2/b9-6+. The highest BCUT2D eigenvalue weighted by Crippen LogP contribution is 2.05. The second kappa shape index (κ2) is 7.34. The SMILES string of the molecule is C=CCOC/C=C/c1cn(Cc2ccccc2)cn1. The number of nitrogens with zero attached hydrogens (tertiary/aromatic N) is 2. The average molecular weight is 254 g/mol. The molecule has 2 aromatic rings. The van der Waals surface area contributed by atoms with Crippen LogP contribution in [-0.4, -0.2) is 22.8 Å². The van der Waals surface area contributed by atoms with E-state index in [2.05, 4.69) is 28.3 Å². The predicted octanol–water partition coefficient (Wildman–Crippen LogP) is 3.15. The summed E-state index contributed by atoms with van der Waals surface area (Å²) in [5.74, 6) is 0. The van der Waals surface area contributed by atoms with Crippen LogP contribution in [0.1, 0.15) is 11.3 Å². The third-order valence-electron chi connectivity index (χ3n) is 2.60. The summed E-state index contributed by atoms with van der Waals surface area (Å²) in [6.45, 7) is 5.59. The van der Waals surface area contributed by atoms with Crippen molar-refractivity contribution in [3.8, 4) is 0 Å². The lowest BCUT2D eigenvalue weighted by molar-refractivity contribution is 0.194. The smallest absolute Gasteiger partial charge is 0.0956 e. The van der Waals surface area contributed by atoms with Crippen molar-refractivity contribution in [1.82, 2.24) is 9.55 Å². The van der Waals surface area contributed by atoms with Crippen LogP contribution in [0.4, 0.5) is 0 Å². The van der Waals surface area contributed by atoms with Gasteiger partial charge in [0.05, 0.1) is 25.2 Å². The Morgan fingerprint density at radius 3 is 2.84 bits per heavy atom. The fourth-order valence-electron chi connectivity index (χ4n) is 1.73. The van der Waals surface area contributed by atoms with E-state index >= 15 is 0 Å². The van der Waals surface area contributed by atoms with E-state index in [-0.39, 0.29) is 0 Å². The Labute approximate surface area is 113 Å². The molecular weight excluding hydrogens is 236 g/mol. The van der Waals surface area contributed by atoms with Crippen LogP contribution in [0.5, 0.6) is 0 Å². The van der Waals surface area contributed by atoms with Gasteiger partial charge < -0.3 is 9.30 Å². The Kier molecular flexibility index (Phi) is 5.14. The van der Waals surface area contributed by atoms with Crippen LogP contribution < -0.4 is 0 Å². The maximum absolute atomic E-state index is 5.27. The molecule has 0 atom stereocenters. The molecule has 1 aromatic carbocycles. The van der Waals surface area contributed by atoms with Gasteiger partial charge in [0.15, 0.2) is 0 Å². The second-order valence-corrected chi connectivity index (χ2v) is 4.18. The van der Waals surface area contributed by atoms with Crippen molar-refractivity contribution in [3.63, 3.8) is 0 Å². The Morgan fingerprint density at radius 2 is 2.05 bits per heavy atom. The van der Waals surface area contributed by atoms with E-state index < -0.39 is 0 Å². The highest BCUT2D eigenvalue weighted by atomic mass is 16.5. The molecular formula is C16H18N2O. The molecule has 0 aliphatic rings. The maximum Gasteiger partial charge on any atom is 0.0956 e. The number of hydrogen-bond donors (Lipinski definition) is 0. The Morgan fingerprint density at radius 1 is 1.21 bits per heavy atom. The lowest BCUT2D eigenvalue weighted by atomic mass is 10.2. The molecule has 0 saturated heterocycles. The largest absolute Gasteiger partial charge is 0.373 e. The molecule has 0 N–H and O–H groups in total. The minimum absolute atomic E-state index is 0.576. The summed E-state index contributed by atoms with van der Waals surface area (Å²) in [7, 11) is 0. The van der Waals surface area contributed by atoms with Gasteiger partial charge in [-0.3, -0.25) is 0 Å². The van der Waals surface area contributed by atoms with E-state index in [4.69, 9.17) is 4.74 Å². The summed E-state index contributed by atoms with van der Waals surface area (Å²) in [4.78, 5) is 4.33. The third kappa shape index (κ3) is 4.56. The highest BCUT2D eigenvalue weighted by Gasteiger charge is 1.96. The van der Waals surface area contributed by atoms with E-state index in [1.54, 1.807) is 6.08 Å². The fraction of sp³-hybridized carbons (Fsp3) is 0.188. The van der Waals surface area contributed by atoms with Crippen LogP contribution in [0.3, 0.4) is 0 Å². The van der Waals surface area contributed by atoms with Crippen LogP contribution in [0, 0.1) is 0 Å². The lowest BCUT2D eigenvalue weighted by Crippen LogP contribution is -1.95. The minimum Gasteiger partial charge on any atom is -0.373 e. The molecule has 3 nitrogen and oxygen atoms in total. The van der Waals surface area contributed by atoms with Gasteiger partial charge in [0.2, 0.25) is 0 Å². The van der Waals surface area contributed by atoms with E-state index in [0.717, 1.165) is 12.2 Å². The molecule has 19 heavy (non-hydrogen) atoms. The zero-order valence-corrected chi connectivity index (χ0v) is 10.9. The van der Waals surface area contributed by atoms with Gasteiger partial charge in [0.25, 0.3) is 0 Å². The Hall–Kier alpha value is -2.13. The van der Waals surface area contributed by atoms with Gasteiger partial charge in [0.1, 0.15) is 0 Å². The summed E-state index contributed by atoms with van der Waals surface area (Å²) >= 11 is 0. The molecule has 0 radical (unpaired) electrons. The summed E-state index contributed by atoms with van der Waals surface area (Å²) < 4.78 is 7.34. The van der Waals surface area contributed by atoms with Crippen molar-refractivity contribution < 1.29 is 4.74 Å². The van der Waals surface area contributed by atoms with E-state index in [1.165, 1.54) is 5.56 Å². The van der Waals surface area contributed by atoms with Crippen molar-refractivity contribution >= 4 is 6.08 Å². The molecule has 0 aliphatic carbocycles. The molecule has 0 spiro atoms. The van der Waals surface area contributed by atoms with Crippen molar-refractivity contribution in [3.05, 3.63) is 72.8 Å². The molecule has 0 bridgehead atoms. The molecule has 0 aliphatic heterocycles. The third-order valence-corrected chi connectivity index (χ3v) is 2.60. The van der Waals surface area contributed by atoms with E-state index in [1.807, 2.05) is 42.9 Å². The zero-order valence-electron chi connectivity index (χ0n) is 10.9. The van der Waals surface area contributed by atoms with Gasteiger partial charge in [0, 0.05) is 12.7 Å². The van der Waals surface area contributed by atoms with Crippen molar-refractivity contribution in [2.45, 2.75) is 6.54 Å². The molecule has 0 saturated carbocycles. The first-order valence-corrected chi connectivity index (χ1v) is 6.29.